The second kappa shape index (κ2) is 8.31. The van der Waals surface area contributed by atoms with Crippen molar-refractivity contribution in [2.24, 2.45) is 0 Å². The number of nitrogens with zero attached hydrogens (tertiary/aromatic N) is 1. The smallest absolute Gasteiger partial charge is 0.264 e. The van der Waals surface area contributed by atoms with Crippen LogP contribution in [0.3, 0.4) is 0 Å². The van der Waals surface area contributed by atoms with Gasteiger partial charge in [-0.15, -0.1) is 0 Å². The minimum absolute atomic E-state index is 0.0475. The summed E-state index contributed by atoms with van der Waals surface area (Å²) in [4.78, 5) is 12.4. The lowest BCUT2D eigenvalue weighted by atomic mass is 10.1. The van der Waals surface area contributed by atoms with E-state index in [0.717, 1.165) is 37.0 Å². The lowest BCUT2D eigenvalue weighted by Gasteiger charge is -2.24. The summed E-state index contributed by atoms with van der Waals surface area (Å²) in [5, 5.41) is 2.90. The molecule has 2 aromatic carbocycles. The van der Waals surface area contributed by atoms with Gasteiger partial charge in [0.2, 0.25) is 0 Å². The van der Waals surface area contributed by atoms with Crippen LogP contribution in [0, 0.1) is 5.82 Å². The first-order chi connectivity index (χ1) is 13.3. The first-order valence-electron chi connectivity index (χ1n) is 9.55. The molecule has 3 rings (SSSR count). The van der Waals surface area contributed by atoms with Gasteiger partial charge in [0, 0.05) is 18.2 Å². The predicted octanol–water partition coefficient (Wildman–Crippen LogP) is 3.89. The van der Waals surface area contributed by atoms with E-state index in [0.29, 0.717) is 24.2 Å². The van der Waals surface area contributed by atoms with Gasteiger partial charge in [-0.2, -0.15) is 0 Å². The van der Waals surface area contributed by atoms with E-state index in [-0.39, 0.29) is 16.8 Å². The van der Waals surface area contributed by atoms with Crippen LogP contribution < -0.4 is 9.62 Å². The third-order valence-corrected chi connectivity index (χ3v) is 6.87. The van der Waals surface area contributed by atoms with Crippen LogP contribution in [0.5, 0.6) is 0 Å². The molecule has 2 aromatic rings. The summed E-state index contributed by atoms with van der Waals surface area (Å²) < 4.78 is 40.7. The number of carbonyl (C=O) groups excluding carboxylic acids is 1. The number of unbranched alkanes of at least 4 members (excludes halogenated alkanes) is 2. The number of hydrogen-bond acceptors (Lipinski definition) is 3. The van der Waals surface area contributed by atoms with Crippen molar-refractivity contribution in [3.8, 4) is 0 Å². The van der Waals surface area contributed by atoms with Crippen LogP contribution in [0.25, 0.3) is 0 Å². The summed E-state index contributed by atoms with van der Waals surface area (Å²) in [7, 11) is -3.81. The average Bonchev–Trinajstić information content (AvgIpc) is 3.01. The summed E-state index contributed by atoms with van der Waals surface area (Å²) in [5.74, 6) is -0.630. The number of anilines is 1. The molecule has 1 atom stereocenters. The Bertz CT molecular complexity index is 958. The van der Waals surface area contributed by atoms with Crippen LogP contribution >= 0.6 is 0 Å². The van der Waals surface area contributed by atoms with E-state index in [2.05, 4.69) is 12.2 Å². The Labute approximate surface area is 165 Å². The molecule has 7 heteroatoms. The molecule has 0 saturated heterocycles. The van der Waals surface area contributed by atoms with Crippen LogP contribution in [-0.4, -0.2) is 26.9 Å². The molecule has 5 nitrogen and oxygen atoms in total. The molecule has 1 aliphatic rings. The van der Waals surface area contributed by atoms with Crippen molar-refractivity contribution in [3.63, 3.8) is 0 Å². The SMILES string of the molecule is CCCCCNC(=O)c1ccc2c(c1)C[C@H](C)N2S(=O)(=O)c1ccc(F)cc1. The number of halogens is 1. The molecule has 0 unspecified atom stereocenters. The van der Waals surface area contributed by atoms with Gasteiger partial charge in [-0.25, -0.2) is 12.8 Å². The van der Waals surface area contributed by atoms with Crippen molar-refractivity contribution in [2.45, 2.75) is 50.5 Å². The molecule has 0 aromatic heterocycles. The minimum Gasteiger partial charge on any atom is -0.352 e. The van der Waals surface area contributed by atoms with E-state index in [1.165, 1.54) is 16.4 Å². The van der Waals surface area contributed by atoms with E-state index in [1.54, 1.807) is 18.2 Å². The summed E-state index contributed by atoms with van der Waals surface area (Å²) in [6, 6.07) is 9.64. The number of fused-ring (bicyclic) bond motifs is 1. The molecular formula is C21H25FN2O3S. The Balaban J connectivity index is 1.84. The fraction of sp³-hybridized carbons (Fsp3) is 0.381. The van der Waals surface area contributed by atoms with E-state index in [4.69, 9.17) is 0 Å². The average molecular weight is 405 g/mol. The van der Waals surface area contributed by atoms with Gasteiger partial charge in [0.1, 0.15) is 5.82 Å². The summed E-state index contributed by atoms with van der Waals surface area (Å²) in [6.07, 6.45) is 3.61. The van der Waals surface area contributed by atoms with Crippen LogP contribution in [0.15, 0.2) is 47.4 Å². The number of hydrogen-bond donors (Lipinski definition) is 1. The zero-order valence-electron chi connectivity index (χ0n) is 16.1. The van der Waals surface area contributed by atoms with Crippen LogP contribution in [0.2, 0.25) is 0 Å². The highest BCUT2D eigenvalue weighted by Gasteiger charge is 2.36. The highest BCUT2D eigenvalue weighted by Crippen LogP contribution is 2.37. The number of carbonyl (C=O) groups is 1. The highest BCUT2D eigenvalue weighted by atomic mass is 32.2. The maximum absolute atomic E-state index is 13.2. The lowest BCUT2D eigenvalue weighted by Crippen LogP contribution is -2.35. The van der Waals surface area contributed by atoms with Crippen molar-refractivity contribution in [2.75, 3.05) is 10.8 Å². The third kappa shape index (κ3) is 4.04. The third-order valence-electron chi connectivity index (χ3n) is 4.93. The maximum atomic E-state index is 13.2. The zero-order valence-corrected chi connectivity index (χ0v) is 16.9. The van der Waals surface area contributed by atoms with Gasteiger partial charge in [-0.05, 0) is 67.8 Å². The van der Waals surface area contributed by atoms with Gasteiger partial charge in [-0.1, -0.05) is 19.8 Å². The normalized spacial score (nSPS) is 16.1. The molecule has 1 heterocycles. The summed E-state index contributed by atoms with van der Waals surface area (Å²) in [6.45, 7) is 4.56. The molecule has 28 heavy (non-hydrogen) atoms. The van der Waals surface area contributed by atoms with Gasteiger partial charge < -0.3 is 5.32 Å². The predicted molar refractivity (Wildman–Crippen MR) is 108 cm³/mol. The molecule has 0 fully saturated rings. The maximum Gasteiger partial charge on any atom is 0.264 e. The molecule has 0 radical (unpaired) electrons. The second-order valence-corrected chi connectivity index (χ2v) is 8.93. The summed E-state index contributed by atoms with van der Waals surface area (Å²) >= 11 is 0. The van der Waals surface area contributed by atoms with Crippen LogP contribution in [0.1, 0.15) is 49.0 Å². The topological polar surface area (TPSA) is 66.5 Å². The molecule has 0 bridgehead atoms. The Morgan fingerprint density at radius 2 is 1.89 bits per heavy atom. The van der Waals surface area contributed by atoms with Gasteiger partial charge in [-0.3, -0.25) is 9.10 Å². The number of rotatable bonds is 7. The van der Waals surface area contributed by atoms with Crippen molar-refractivity contribution in [3.05, 3.63) is 59.4 Å². The molecule has 0 saturated carbocycles. The minimum atomic E-state index is -3.81. The van der Waals surface area contributed by atoms with Crippen LogP contribution in [0.4, 0.5) is 10.1 Å². The molecule has 150 valence electrons. The number of benzene rings is 2. The molecule has 0 spiro atoms. The van der Waals surface area contributed by atoms with Crippen molar-refractivity contribution in [1.82, 2.24) is 5.32 Å². The number of nitrogens with one attached hydrogen (secondary N) is 1. The zero-order chi connectivity index (χ0) is 20.3. The fourth-order valence-corrected chi connectivity index (χ4v) is 5.20. The van der Waals surface area contributed by atoms with Crippen molar-refractivity contribution in [1.29, 1.82) is 0 Å². The largest absolute Gasteiger partial charge is 0.352 e. The number of amides is 1. The van der Waals surface area contributed by atoms with Gasteiger partial charge in [0.15, 0.2) is 0 Å². The van der Waals surface area contributed by atoms with Crippen molar-refractivity contribution < 1.29 is 17.6 Å². The quantitative estimate of drug-likeness (QED) is 0.712. The molecule has 1 N–H and O–H groups in total. The van der Waals surface area contributed by atoms with Gasteiger partial charge >= 0.3 is 0 Å². The second-order valence-electron chi connectivity index (χ2n) is 7.11. The summed E-state index contributed by atoms with van der Waals surface area (Å²) in [5.41, 5.74) is 1.92. The van der Waals surface area contributed by atoms with Crippen molar-refractivity contribution >= 4 is 21.6 Å². The molecule has 1 aliphatic heterocycles. The van der Waals surface area contributed by atoms with E-state index in [9.17, 15) is 17.6 Å². The Hall–Kier alpha value is -2.41. The standard InChI is InChI=1S/C21H25FN2O3S/c1-3-4-5-12-23-21(25)16-6-11-20-17(14-16)13-15(2)24(20)28(26,27)19-9-7-18(22)8-10-19/h6-11,14-15H,3-5,12-13H2,1-2H3,(H,23,25)/t15-/m0/s1. The van der Waals surface area contributed by atoms with Gasteiger partial charge in [0.05, 0.1) is 10.6 Å². The Morgan fingerprint density at radius 1 is 1.18 bits per heavy atom. The fourth-order valence-electron chi connectivity index (χ4n) is 3.51. The lowest BCUT2D eigenvalue weighted by molar-refractivity contribution is 0.0953. The first kappa shape index (κ1) is 20.3. The first-order valence-corrected chi connectivity index (χ1v) is 11.0. The van der Waals surface area contributed by atoms with E-state index < -0.39 is 15.8 Å². The van der Waals surface area contributed by atoms with Gasteiger partial charge in [0.25, 0.3) is 15.9 Å². The Kier molecular flexibility index (Phi) is 6.03. The van der Waals surface area contributed by atoms with E-state index in [1.807, 2.05) is 6.92 Å². The Morgan fingerprint density at radius 3 is 2.57 bits per heavy atom. The number of sulfonamides is 1. The van der Waals surface area contributed by atoms with Crippen LogP contribution in [-0.2, 0) is 16.4 Å². The van der Waals surface area contributed by atoms with E-state index >= 15 is 0 Å². The molecule has 0 aliphatic carbocycles. The highest BCUT2D eigenvalue weighted by molar-refractivity contribution is 7.92. The molecule has 1 amide bonds. The monoisotopic (exact) mass is 404 g/mol. The molecular weight excluding hydrogens is 379 g/mol.